The smallest absolute Gasteiger partial charge is 0.406 e. The number of carbonyl (C=O) groups is 1. The Morgan fingerprint density at radius 3 is 2.75 bits per heavy atom. The number of nitrogens with zero attached hydrogens (tertiary/aromatic N) is 1. The number of hydrogen-bond donors (Lipinski definition) is 0. The van der Waals surface area contributed by atoms with Gasteiger partial charge in [0.05, 0.1) is 19.9 Å². The minimum atomic E-state index is -4.53. The zero-order valence-electron chi connectivity index (χ0n) is 15.0. The number of halogens is 3. The summed E-state index contributed by atoms with van der Waals surface area (Å²) in [6.07, 6.45) is -0.729. The Morgan fingerprint density at radius 1 is 1.29 bits per heavy atom. The van der Waals surface area contributed by atoms with Crippen LogP contribution in [0.2, 0.25) is 0 Å². The van der Waals surface area contributed by atoms with Crippen molar-refractivity contribution in [1.29, 1.82) is 0 Å². The molecule has 28 heavy (non-hydrogen) atoms. The molecule has 0 spiro atoms. The molecule has 0 unspecified atom stereocenters. The SMILES string of the molecule is COc1cc(/C=C/C(=O)N(Cc2ccco2)CC(F)(F)F)cc2c1OCCO2. The highest BCUT2D eigenvalue weighted by atomic mass is 19.4. The van der Waals surface area contributed by atoms with Gasteiger partial charge in [0.25, 0.3) is 0 Å². The molecule has 0 aliphatic carbocycles. The maximum atomic E-state index is 12.8. The van der Waals surface area contributed by atoms with Crippen LogP contribution in [0.3, 0.4) is 0 Å². The number of benzene rings is 1. The lowest BCUT2D eigenvalue weighted by Gasteiger charge is -2.22. The fraction of sp³-hybridized carbons (Fsp3) is 0.316. The van der Waals surface area contributed by atoms with Crippen LogP contribution in [0, 0.1) is 0 Å². The van der Waals surface area contributed by atoms with Gasteiger partial charge < -0.3 is 23.5 Å². The Hall–Kier alpha value is -3.10. The van der Waals surface area contributed by atoms with Gasteiger partial charge >= 0.3 is 6.18 Å². The number of alkyl halides is 3. The number of furan rings is 1. The highest BCUT2D eigenvalue weighted by Gasteiger charge is 2.32. The van der Waals surface area contributed by atoms with Gasteiger partial charge in [0.15, 0.2) is 11.5 Å². The monoisotopic (exact) mass is 397 g/mol. The van der Waals surface area contributed by atoms with Gasteiger partial charge in [-0.2, -0.15) is 13.2 Å². The van der Waals surface area contributed by atoms with E-state index in [1.54, 1.807) is 18.2 Å². The molecule has 9 heteroatoms. The van der Waals surface area contributed by atoms with Crippen LogP contribution in [-0.2, 0) is 11.3 Å². The molecule has 0 N–H and O–H groups in total. The summed E-state index contributed by atoms with van der Waals surface area (Å²) in [7, 11) is 1.46. The topological polar surface area (TPSA) is 61.1 Å². The molecule has 6 nitrogen and oxygen atoms in total. The summed E-state index contributed by atoms with van der Waals surface area (Å²) in [6.45, 7) is -0.928. The Morgan fingerprint density at radius 2 is 2.07 bits per heavy atom. The third-order valence-electron chi connectivity index (χ3n) is 3.88. The maximum absolute atomic E-state index is 12.8. The Bertz CT molecular complexity index is 829. The Balaban J connectivity index is 1.79. The van der Waals surface area contributed by atoms with Crippen molar-refractivity contribution in [3.8, 4) is 17.2 Å². The second kappa shape index (κ2) is 8.28. The third kappa shape index (κ3) is 4.99. The minimum Gasteiger partial charge on any atom is -0.493 e. The first kappa shape index (κ1) is 19.7. The quantitative estimate of drug-likeness (QED) is 0.697. The standard InChI is InChI=1S/C19H18F3NO5/c1-25-15-9-13(10-16-18(15)28-8-7-27-16)4-5-17(24)23(12-19(20,21)22)11-14-3-2-6-26-14/h2-6,9-10H,7-8,11-12H2,1H3/b5-4+. The average Bonchev–Trinajstić information content (AvgIpc) is 3.17. The first-order valence-corrected chi connectivity index (χ1v) is 8.39. The van der Waals surface area contributed by atoms with Crippen LogP contribution in [0.5, 0.6) is 17.2 Å². The summed E-state index contributed by atoms with van der Waals surface area (Å²) in [4.78, 5) is 13.0. The van der Waals surface area contributed by atoms with E-state index in [2.05, 4.69) is 0 Å². The van der Waals surface area contributed by atoms with Gasteiger partial charge in [-0.25, -0.2) is 0 Å². The van der Waals surface area contributed by atoms with Gasteiger partial charge in [-0.1, -0.05) is 0 Å². The summed E-state index contributed by atoms with van der Waals surface area (Å²) in [5.41, 5.74) is 0.527. The van der Waals surface area contributed by atoms with Gasteiger partial charge in [0, 0.05) is 6.08 Å². The van der Waals surface area contributed by atoms with Crippen molar-refractivity contribution in [2.75, 3.05) is 26.9 Å². The summed E-state index contributed by atoms with van der Waals surface area (Å²) < 4.78 is 59.8. The number of rotatable bonds is 6. The van der Waals surface area contributed by atoms with Gasteiger partial charge in [-0.3, -0.25) is 4.79 Å². The molecule has 1 amide bonds. The van der Waals surface area contributed by atoms with Crippen molar-refractivity contribution in [2.24, 2.45) is 0 Å². The normalized spacial score (nSPS) is 13.6. The molecule has 3 rings (SSSR count). The molecule has 0 saturated heterocycles. The van der Waals surface area contributed by atoms with E-state index in [1.165, 1.54) is 25.5 Å². The number of hydrogen-bond acceptors (Lipinski definition) is 5. The molecule has 2 heterocycles. The predicted molar refractivity (Wildman–Crippen MR) is 93.2 cm³/mol. The lowest BCUT2D eigenvalue weighted by molar-refractivity contribution is -0.159. The lowest BCUT2D eigenvalue weighted by Crippen LogP contribution is -2.37. The number of fused-ring (bicyclic) bond motifs is 1. The largest absolute Gasteiger partial charge is 0.493 e. The van der Waals surface area contributed by atoms with E-state index in [9.17, 15) is 18.0 Å². The van der Waals surface area contributed by atoms with Gasteiger partial charge in [-0.15, -0.1) is 0 Å². The lowest BCUT2D eigenvalue weighted by atomic mass is 10.1. The Labute approximate surface area is 159 Å². The molecule has 1 aromatic heterocycles. The van der Waals surface area contributed by atoms with E-state index in [0.29, 0.717) is 40.9 Å². The van der Waals surface area contributed by atoms with E-state index in [0.717, 1.165) is 6.08 Å². The summed E-state index contributed by atoms with van der Waals surface area (Å²) in [5.74, 6) is 0.760. The van der Waals surface area contributed by atoms with Gasteiger partial charge in [0.1, 0.15) is 25.5 Å². The fourth-order valence-corrected chi connectivity index (χ4v) is 2.68. The van der Waals surface area contributed by atoms with E-state index >= 15 is 0 Å². The summed E-state index contributed by atoms with van der Waals surface area (Å²) in [6, 6.07) is 6.29. The predicted octanol–water partition coefficient (Wildman–Crippen LogP) is 3.66. The first-order chi connectivity index (χ1) is 13.4. The van der Waals surface area contributed by atoms with E-state index in [-0.39, 0.29) is 12.3 Å². The maximum Gasteiger partial charge on any atom is 0.406 e. The van der Waals surface area contributed by atoms with Crippen LogP contribution in [0.15, 0.2) is 41.0 Å². The fourth-order valence-electron chi connectivity index (χ4n) is 2.68. The number of ether oxygens (including phenoxy) is 3. The number of carbonyl (C=O) groups excluding carboxylic acids is 1. The molecule has 1 aliphatic heterocycles. The molecular weight excluding hydrogens is 379 g/mol. The number of methoxy groups -OCH3 is 1. The van der Waals surface area contributed by atoms with Crippen molar-refractivity contribution in [2.45, 2.75) is 12.7 Å². The van der Waals surface area contributed by atoms with Crippen LogP contribution in [0.4, 0.5) is 13.2 Å². The van der Waals surface area contributed by atoms with Crippen LogP contribution in [0.25, 0.3) is 6.08 Å². The van der Waals surface area contributed by atoms with E-state index < -0.39 is 18.6 Å². The molecular formula is C19H18F3NO5. The molecule has 150 valence electrons. The first-order valence-electron chi connectivity index (χ1n) is 8.39. The van der Waals surface area contributed by atoms with Crippen LogP contribution in [-0.4, -0.2) is 43.9 Å². The molecule has 0 fully saturated rings. The van der Waals surface area contributed by atoms with Crippen molar-refractivity contribution < 1.29 is 36.6 Å². The molecule has 1 aromatic carbocycles. The second-order valence-corrected chi connectivity index (χ2v) is 5.97. The van der Waals surface area contributed by atoms with Gasteiger partial charge in [-0.05, 0) is 35.9 Å². The minimum absolute atomic E-state index is 0.256. The molecule has 1 aliphatic rings. The zero-order chi connectivity index (χ0) is 20.1. The van der Waals surface area contributed by atoms with Gasteiger partial charge in [0.2, 0.25) is 11.7 Å². The molecule has 0 bridgehead atoms. The molecule has 0 radical (unpaired) electrons. The van der Waals surface area contributed by atoms with Crippen molar-refractivity contribution in [3.63, 3.8) is 0 Å². The van der Waals surface area contributed by atoms with Crippen molar-refractivity contribution >= 4 is 12.0 Å². The molecule has 0 atom stereocenters. The highest BCUT2D eigenvalue weighted by Crippen LogP contribution is 2.40. The average molecular weight is 397 g/mol. The Kier molecular flexibility index (Phi) is 5.81. The van der Waals surface area contributed by atoms with Crippen LogP contribution < -0.4 is 14.2 Å². The third-order valence-corrected chi connectivity index (χ3v) is 3.88. The van der Waals surface area contributed by atoms with E-state index in [1.807, 2.05) is 0 Å². The van der Waals surface area contributed by atoms with E-state index in [4.69, 9.17) is 18.6 Å². The van der Waals surface area contributed by atoms with Crippen LogP contribution >= 0.6 is 0 Å². The van der Waals surface area contributed by atoms with Crippen LogP contribution in [0.1, 0.15) is 11.3 Å². The summed E-state index contributed by atoms with van der Waals surface area (Å²) >= 11 is 0. The zero-order valence-corrected chi connectivity index (χ0v) is 15.0. The second-order valence-electron chi connectivity index (χ2n) is 5.97. The molecule has 0 saturated carbocycles. The number of amides is 1. The summed E-state index contributed by atoms with van der Waals surface area (Å²) in [5, 5.41) is 0. The van der Waals surface area contributed by atoms with Crippen molar-refractivity contribution in [3.05, 3.63) is 47.9 Å². The molecule has 2 aromatic rings. The highest BCUT2D eigenvalue weighted by molar-refractivity contribution is 5.92. The van der Waals surface area contributed by atoms with Crippen molar-refractivity contribution in [1.82, 2.24) is 4.90 Å².